The number of rotatable bonds is 7. The molecule has 0 atom stereocenters. The van der Waals surface area contributed by atoms with E-state index in [0.717, 1.165) is 24.1 Å². The summed E-state index contributed by atoms with van der Waals surface area (Å²) in [6, 6.07) is 20.0. The first-order chi connectivity index (χ1) is 13.1. The lowest BCUT2D eigenvalue weighted by atomic mass is 10.1. The van der Waals surface area contributed by atoms with Crippen LogP contribution in [0.3, 0.4) is 0 Å². The molecule has 3 rings (SSSR count). The average Bonchev–Trinajstić information content (AvgIpc) is 2.68. The lowest BCUT2D eigenvalue weighted by Crippen LogP contribution is -1.99. The minimum Gasteiger partial charge on any atom is -0.508 e. The van der Waals surface area contributed by atoms with Crippen LogP contribution in [-0.4, -0.2) is 15.3 Å². The van der Waals surface area contributed by atoms with E-state index >= 15 is 0 Å². The van der Waals surface area contributed by atoms with Crippen LogP contribution in [0.25, 0.3) is 6.08 Å². The van der Waals surface area contributed by atoms with Gasteiger partial charge in [-0.2, -0.15) is 0 Å². The number of allylic oxidation sites excluding steroid dienone is 1. The van der Waals surface area contributed by atoms with E-state index in [0.29, 0.717) is 12.1 Å². The third-order valence-corrected chi connectivity index (χ3v) is 4.31. The highest BCUT2D eigenvalue weighted by Crippen LogP contribution is 2.26. The molecule has 0 aliphatic rings. The van der Waals surface area contributed by atoms with Crippen molar-refractivity contribution >= 4 is 11.8 Å². The Morgan fingerprint density at radius 2 is 1.59 bits per heavy atom. The molecule has 0 saturated carbocycles. The predicted molar refractivity (Wildman–Crippen MR) is 109 cm³/mol. The van der Waals surface area contributed by atoms with Crippen LogP contribution in [0.4, 0.5) is 5.69 Å². The van der Waals surface area contributed by atoms with Gasteiger partial charge in [-0.05, 0) is 54.8 Å². The number of anilines is 1. The van der Waals surface area contributed by atoms with Crippen LogP contribution >= 0.6 is 0 Å². The van der Waals surface area contributed by atoms with Gasteiger partial charge in [-0.25, -0.2) is 0 Å². The minimum absolute atomic E-state index is 0.109. The fourth-order valence-electron chi connectivity index (χ4n) is 2.81. The normalized spacial score (nSPS) is 11.0. The number of aromatic hydroxyl groups is 3. The van der Waals surface area contributed by atoms with Gasteiger partial charge in [-0.3, -0.25) is 0 Å². The number of nitrogens with one attached hydrogen (secondary N) is 1. The second kappa shape index (κ2) is 8.81. The third-order valence-electron chi connectivity index (χ3n) is 4.31. The topological polar surface area (TPSA) is 72.7 Å². The van der Waals surface area contributed by atoms with E-state index in [2.05, 4.69) is 17.4 Å². The highest BCUT2D eigenvalue weighted by Gasteiger charge is 2.04. The second-order valence-corrected chi connectivity index (χ2v) is 6.37. The zero-order valence-electron chi connectivity index (χ0n) is 15.0. The first kappa shape index (κ1) is 18.4. The van der Waals surface area contributed by atoms with Gasteiger partial charge in [0.15, 0.2) is 0 Å². The molecule has 0 aliphatic carbocycles. The van der Waals surface area contributed by atoms with E-state index in [9.17, 15) is 15.3 Å². The summed E-state index contributed by atoms with van der Waals surface area (Å²) in [5.74, 6) is 0.453. The summed E-state index contributed by atoms with van der Waals surface area (Å²) in [7, 11) is 0. The van der Waals surface area contributed by atoms with Crippen LogP contribution < -0.4 is 5.32 Å². The van der Waals surface area contributed by atoms with E-state index in [1.807, 2.05) is 36.4 Å². The maximum atomic E-state index is 10.1. The molecule has 0 bridgehead atoms. The molecule has 27 heavy (non-hydrogen) atoms. The van der Waals surface area contributed by atoms with Gasteiger partial charge in [0.2, 0.25) is 0 Å². The minimum atomic E-state index is 0.109. The molecule has 0 amide bonds. The first-order valence-corrected chi connectivity index (χ1v) is 8.90. The van der Waals surface area contributed by atoms with E-state index in [1.165, 1.54) is 23.8 Å². The Hall–Kier alpha value is -3.40. The highest BCUT2D eigenvalue weighted by molar-refractivity contribution is 5.63. The summed E-state index contributed by atoms with van der Waals surface area (Å²) in [6.45, 7) is 0.363. The molecular weight excluding hydrogens is 338 g/mol. The molecule has 3 aromatic rings. The highest BCUT2D eigenvalue weighted by atomic mass is 16.3. The molecule has 0 fully saturated rings. The van der Waals surface area contributed by atoms with Crippen LogP contribution in [0.15, 0.2) is 72.8 Å². The smallest absolute Gasteiger partial charge is 0.122 e. The monoisotopic (exact) mass is 361 g/mol. The molecule has 0 saturated heterocycles. The van der Waals surface area contributed by atoms with Crippen molar-refractivity contribution in [3.8, 4) is 17.2 Å². The number of hydrogen-bond donors (Lipinski definition) is 4. The molecule has 0 unspecified atom stereocenters. The second-order valence-electron chi connectivity index (χ2n) is 6.37. The van der Waals surface area contributed by atoms with Gasteiger partial charge in [0, 0.05) is 23.4 Å². The Kier molecular flexibility index (Phi) is 6.00. The molecule has 0 aromatic heterocycles. The zero-order chi connectivity index (χ0) is 19.1. The summed E-state index contributed by atoms with van der Waals surface area (Å²) >= 11 is 0. The van der Waals surface area contributed by atoms with Crippen molar-refractivity contribution in [3.63, 3.8) is 0 Å². The van der Waals surface area contributed by atoms with Crippen molar-refractivity contribution in [2.75, 3.05) is 5.32 Å². The molecule has 0 radical (unpaired) electrons. The van der Waals surface area contributed by atoms with Crippen LogP contribution in [0.5, 0.6) is 17.2 Å². The average molecular weight is 361 g/mol. The fourth-order valence-corrected chi connectivity index (χ4v) is 2.81. The van der Waals surface area contributed by atoms with E-state index in [1.54, 1.807) is 12.1 Å². The van der Waals surface area contributed by atoms with Crippen molar-refractivity contribution in [3.05, 3.63) is 89.5 Å². The molecule has 4 heteroatoms. The lowest BCUT2D eigenvalue weighted by Gasteiger charge is -2.10. The Bertz CT molecular complexity index is 920. The Balaban J connectivity index is 1.61. The molecule has 0 heterocycles. The number of hydrogen-bond acceptors (Lipinski definition) is 4. The Morgan fingerprint density at radius 1 is 0.815 bits per heavy atom. The summed E-state index contributed by atoms with van der Waals surface area (Å²) in [5, 5.41) is 32.6. The molecule has 4 nitrogen and oxygen atoms in total. The van der Waals surface area contributed by atoms with Crippen molar-refractivity contribution < 1.29 is 15.3 Å². The quantitative estimate of drug-likeness (QED) is 0.444. The summed E-state index contributed by atoms with van der Waals surface area (Å²) < 4.78 is 0. The van der Waals surface area contributed by atoms with Gasteiger partial charge in [0.25, 0.3) is 0 Å². The maximum absolute atomic E-state index is 10.1. The van der Waals surface area contributed by atoms with E-state index in [-0.39, 0.29) is 17.2 Å². The molecule has 3 aromatic carbocycles. The molecule has 4 N–H and O–H groups in total. The summed E-state index contributed by atoms with van der Waals surface area (Å²) in [4.78, 5) is 0. The van der Waals surface area contributed by atoms with Crippen LogP contribution in [0.1, 0.15) is 23.1 Å². The number of aryl methyl sites for hydroxylation is 1. The van der Waals surface area contributed by atoms with Gasteiger partial charge in [0.1, 0.15) is 17.2 Å². The van der Waals surface area contributed by atoms with Crippen LogP contribution in [0, 0.1) is 0 Å². The maximum Gasteiger partial charge on any atom is 0.122 e. The van der Waals surface area contributed by atoms with Gasteiger partial charge in [-0.15, -0.1) is 0 Å². The van der Waals surface area contributed by atoms with E-state index in [4.69, 9.17) is 0 Å². The van der Waals surface area contributed by atoms with E-state index < -0.39 is 0 Å². The number of benzene rings is 3. The molecule has 138 valence electrons. The van der Waals surface area contributed by atoms with Gasteiger partial charge < -0.3 is 20.6 Å². The first-order valence-electron chi connectivity index (χ1n) is 8.90. The van der Waals surface area contributed by atoms with Gasteiger partial charge >= 0.3 is 0 Å². The zero-order valence-corrected chi connectivity index (χ0v) is 15.0. The molecular formula is C23H23NO3. The van der Waals surface area contributed by atoms with Crippen molar-refractivity contribution in [1.82, 2.24) is 0 Å². The van der Waals surface area contributed by atoms with Crippen molar-refractivity contribution in [2.24, 2.45) is 0 Å². The SMILES string of the molecule is Oc1ccc(O)c(CNc2ccc(O)c(/C=C\CCc3ccccc3)c2)c1. The number of phenols is 3. The predicted octanol–water partition coefficient (Wildman–Crippen LogP) is 5.06. The van der Waals surface area contributed by atoms with Crippen molar-refractivity contribution in [1.29, 1.82) is 0 Å². The largest absolute Gasteiger partial charge is 0.508 e. The fraction of sp³-hybridized carbons (Fsp3) is 0.130. The summed E-state index contributed by atoms with van der Waals surface area (Å²) in [5.41, 5.74) is 3.43. The van der Waals surface area contributed by atoms with Crippen LogP contribution in [0.2, 0.25) is 0 Å². The Labute approximate surface area is 159 Å². The number of phenolic OH excluding ortho intramolecular Hbond substituents is 3. The lowest BCUT2D eigenvalue weighted by molar-refractivity contribution is 0.455. The molecule has 0 spiro atoms. The van der Waals surface area contributed by atoms with Crippen LogP contribution in [-0.2, 0) is 13.0 Å². The molecule has 0 aliphatic heterocycles. The van der Waals surface area contributed by atoms with Crippen molar-refractivity contribution in [2.45, 2.75) is 19.4 Å². The summed E-state index contributed by atoms with van der Waals surface area (Å²) in [6.07, 6.45) is 5.80. The van der Waals surface area contributed by atoms with Gasteiger partial charge in [0.05, 0.1) is 0 Å². The standard InChI is InChI=1S/C23H23NO3/c25-21-11-13-23(27)19(15-21)16-24-20-10-12-22(26)18(14-20)9-5-4-8-17-6-2-1-3-7-17/h1-3,5-7,9-15,24-27H,4,8,16H2/b9-5-. The third kappa shape index (κ3) is 5.28. The Morgan fingerprint density at radius 3 is 2.41 bits per heavy atom. The van der Waals surface area contributed by atoms with Gasteiger partial charge in [-0.1, -0.05) is 42.5 Å².